The zero-order chi connectivity index (χ0) is 5.21. The quantitative estimate of drug-likeness (QED) is 0.627. The highest BCUT2D eigenvalue weighted by molar-refractivity contribution is 14.3. The van der Waals surface area contributed by atoms with Crippen LogP contribution >= 0.6 is 46.4 Å². The molecule has 0 rings (SSSR count). The Labute approximate surface area is 63.0 Å². The van der Waals surface area contributed by atoms with E-state index in [-0.39, 0.29) is 0 Å². The molecule has 0 aromatic rings. The number of hydrogen-bond acceptors (Lipinski definition) is 1. The van der Waals surface area contributed by atoms with Crippen molar-refractivity contribution >= 4 is 46.4 Å². The van der Waals surface area contributed by atoms with Crippen LogP contribution in [0, 0.1) is 4.61 Å². The van der Waals surface area contributed by atoms with Gasteiger partial charge in [-0.3, -0.25) is 0 Å². The van der Waals surface area contributed by atoms with Gasteiger partial charge in [-0.15, -0.1) is 0 Å². The van der Waals surface area contributed by atoms with Crippen molar-refractivity contribution in [2.45, 2.75) is 6.92 Å². The third-order valence-corrected chi connectivity index (χ3v) is 4.78. The summed E-state index contributed by atoms with van der Waals surface area (Å²) in [7, 11) is 0. The van der Waals surface area contributed by atoms with Gasteiger partial charge in [0.15, 0.2) is 0 Å². The first-order chi connectivity index (χ1) is 2.56. The molecule has 1 nitrogen and oxygen atoms in total. The van der Waals surface area contributed by atoms with Gasteiger partial charge in [0.2, 0.25) is 0 Å². The van der Waals surface area contributed by atoms with Crippen molar-refractivity contribution in [3.05, 3.63) is 0 Å². The van der Waals surface area contributed by atoms with Crippen molar-refractivity contribution in [3.63, 3.8) is 0 Å². The van der Waals surface area contributed by atoms with Crippen LogP contribution in [0.4, 0.5) is 0 Å². The minimum atomic E-state index is -1.22. The molecule has 6 heavy (non-hydrogen) atoms. The lowest BCUT2D eigenvalue weighted by Gasteiger charge is -1.91. The largest absolute Gasteiger partial charge is 0.210 e. The molecule has 0 aliphatic rings. The summed E-state index contributed by atoms with van der Waals surface area (Å²) in [6.45, 7) is 1.98. The van der Waals surface area contributed by atoms with E-state index in [1.54, 1.807) is 0 Å². The first-order valence-corrected chi connectivity index (χ1v) is 8.33. The molecule has 0 saturated heterocycles. The van der Waals surface area contributed by atoms with Crippen molar-refractivity contribution in [2.24, 2.45) is 0 Å². The summed E-state index contributed by atoms with van der Waals surface area (Å²) in [5.41, 5.74) is 0. The van der Waals surface area contributed by atoms with Gasteiger partial charge in [-0.2, -0.15) is 0 Å². The number of rotatable bonds is 0. The molecule has 0 radical (unpaired) electrons. The summed E-state index contributed by atoms with van der Waals surface area (Å²) in [4.78, 5) is 0. The highest BCUT2D eigenvalue weighted by Crippen LogP contribution is 2.48. The Balaban J connectivity index is 3.60. The van der Waals surface area contributed by atoms with E-state index in [9.17, 15) is 0 Å². The molecule has 0 aliphatic carbocycles. The molecule has 0 aromatic carbocycles. The Morgan fingerprint density at radius 3 is 1.83 bits per heavy atom. The maximum absolute atomic E-state index is 8.88. The highest BCUT2D eigenvalue weighted by Gasteiger charge is 1.94. The molecule has 4 heteroatoms. The Morgan fingerprint density at radius 1 is 1.67 bits per heavy atom. The molecular formula is C2H5I2NS. The van der Waals surface area contributed by atoms with Crippen molar-refractivity contribution < 1.29 is 0 Å². The molecule has 0 unspecified atom stereocenters. The van der Waals surface area contributed by atoms with Crippen LogP contribution in [-0.2, 0) is 0 Å². The lowest BCUT2D eigenvalue weighted by molar-refractivity contribution is 1.51. The Morgan fingerprint density at radius 2 is 1.83 bits per heavy atom. The van der Waals surface area contributed by atoms with Gasteiger partial charge in [0, 0.05) is 52.2 Å². The highest BCUT2D eigenvalue weighted by atomic mass is 127. The molecule has 0 bridgehead atoms. The molecule has 0 fully saturated rings. The lowest BCUT2D eigenvalue weighted by atomic mass is 11.0. The van der Waals surface area contributed by atoms with Gasteiger partial charge in [-0.25, -0.2) is 4.61 Å². The monoisotopic (exact) mass is 329 g/mol. The van der Waals surface area contributed by atoms with Crippen molar-refractivity contribution in [1.29, 1.82) is 4.61 Å². The molecule has 0 amide bonds. The van der Waals surface area contributed by atoms with Crippen molar-refractivity contribution in [2.75, 3.05) is 5.75 Å². The van der Waals surface area contributed by atoms with Gasteiger partial charge in [0.25, 0.3) is 0 Å². The molecule has 38 valence electrons. The maximum Gasteiger partial charge on any atom is 0.0404 e. The second-order valence-corrected chi connectivity index (χ2v) is 16.3. The Kier molecular flexibility index (Phi) is 3.43. The van der Waals surface area contributed by atoms with E-state index in [1.807, 2.05) is 6.92 Å². The van der Waals surface area contributed by atoms with E-state index < -0.39 is 4.00 Å². The maximum atomic E-state index is 8.88. The van der Waals surface area contributed by atoms with Gasteiger partial charge < -0.3 is 0 Å². The topological polar surface area (TPSA) is 23.8 Å². The van der Waals surface area contributed by atoms with E-state index in [1.165, 1.54) is 0 Å². The molecule has 0 atom stereocenters. The minimum Gasteiger partial charge on any atom is -0.210 e. The first kappa shape index (κ1) is 7.52. The zero-order valence-corrected chi connectivity index (χ0v) is 8.45. The van der Waals surface area contributed by atoms with E-state index >= 15 is 0 Å². The van der Waals surface area contributed by atoms with Crippen LogP contribution < -0.4 is 0 Å². The molecule has 0 heterocycles. The predicted molar refractivity (Wildman–Crippen MR) is 47.9 cm³/mol. The number of halogens is 2. The van der Waals surface area contributed by atoms with Gasteiger partial charge in [-0.05, 0) is 0 Å². The third kappa shape index (κ3) is 5.52. The average Bonchev–Trinajstić information content (AvgIpc) is 1.35. The van der Waals surface area contributed by atoms with Gasteiger partial charge >= 0.3 is 0 Å². The third-order valence-electron chi connectivity index (χ3n) is 0.347. The van der Waals surface area contributed by atoms with E-state index in [0.29, 0.717) is 0 Å². The lowest BCUT2D eigenvalue weighted by Crippen LogP contribution is -1.59. The number of nitrogens with zero attached hydrogens (tertiary/aromatic N) is 1. The predicted octanol–water partition coefficient (Wildman–Crippen LogP) is 2.99. The molecule has 0 aliphatic heterocycles. The van der Waals surface area contributed by atoms with E-state index in [4.69, 9.17) is 4.61 Å². The van der Waals surface area contributed by atoms with Crippen LogP contribution in [0.3, 0.4) is 0 Å². The average molecular weight is 329 g/mol. The summed E-state index contributed by atoms with van der Waals surface area (Å²) in [5, 5.41) is 0. The number of hydrogen-bond donors (Lipinski definition) is 0. The van der Waals surface area contributed by atoms with Crippen LogP contribution in [0.1, 0.15) is 6.92 Å². The molecule has 0 spiro atoms. The van der Waals surface area contributed by atoms with Crippen molar-refractivity contribution in [3.8, 4) is 0 Å². The Bertz CT molecular complexity index is 112. The Hall–Kier alpha value is 1.52. The fourth-order valence-corrected chi connectivity index (χ4v) is 0. The summed E-state index contributed by atoms with van der Waals surface area (Å²) in [6, 6.07) is 0. The summed E-state index contributed by atoms with van der Waals surface area (Å²) >= 11 is 4.13. The van der Waals surface area contributed by atoms with Crippen LogP contribution in [0.2, 0.25) is 0 Å². The van der Waals surface area contributed by atoms with Gasteiger partial charge in [0.05, 0.1) is 0 Å². The van der Waals surface area contributed by atoms with Gasteiger partial charge in [-0.1, -0.05) is 6.92 Å². The summed E-state index contributed by atoms with van der Waals surface area (Å²) in [6.07, 6.45) is 0. The van der Waals surface area contributed by atoms with Crippen LogP contribution in [0.25, 0.3) is 0 Å². The standard InChI is InChI=1S/C2H5I2NS/c1-2-6(3,4)5/h2H2,1H3. The van der Waals surface area contributed by atoms with Crippen LogP contribution in [0.5, 0.6) is 0 Å². The second-order valence-electron chi connectivity index (χ2n) is 0.832. The van der Waals surface area contributed by atoms with E-state index in [0.717, 1.165) is 5.75 Å². The van der Waals surface area contributed by atoms with Gasteiger partial charge in [0.1, 0.15) is 0 Å². The molecule has 0 N–H and O–H groups in total. The smallest absolute Gasteiger partial charge is 0.0404 e. The fourth-order valence-electron chi connectivity index (χ4n) is 0. The van der Waals surface area contributed by atoms with Crippen molar-refractivity contribution in [1.82, 2.24) is 0 Å². The van der Waals surface area contributed by atoms with Crippen LogP contribution in [-0.4, -0.2) is 5.75 Å². The fraction of sp³-hybridized carbons (Fsp3) is 1.00. The zero-order valence-electron chi connectivity index (χ0n) is 3.32. The molecule has 0 saturated carbocycles. The SMILES string of the molecule is CCS(#N)(I)I. The summed E-state index contributed by atoms with van der Waals surface area (Å²) in [5.74, 6) is 0.883. The molecular weight excluding hydrogens is 324 g/mol. The normalized spacial score (nSPS) is 11.7. The van der Waals surface area contributed by atoms with Crippen LogP contribution in [0.15, 0.2) is 0 Å². The first-order valence-electron chi connectivity index (χ1n) is 1.49. The second kappa shape index (κ2) is 2.74. The molecule has 0 aromatic heterocycles. The minimum absolute atomic E-state index is 0.883. The van der Waals surface area contributed by atoms with E-state index in [2.05, 4.69) is 42.4 Å². The summed E-state index contributed by atoms with van der Waals surface area (Å²) < 4.78 is 7.66.